The van der Waals surface area contributed by atoms with Gasteiger partial charge in [-0.2, -0.15) is 0 Å². The molecule has 4 heteroatoms. The first-order valence-electron chi connectivity index (χ1n) is 6.07. The Hall–Kier alpha value is -2.23. The van der Waals surface area contributed by atoms with Crippen LogP contribution >= 0.6 is 0 Å². The summed E-state index contributed by atoms with van der Waals surface area (Å²) in [7, 11) is 0. The van der Waals surface area contributed by atoms with Crippen molar-refractivity contribution >= 4 is 5.69 Å². The molecule has 2 aromatic rings. The van der Waals surface area contributed by atoms with Crippen molar-refractivity contribution in [1.82, 2.24) is 0 Å². The molecule has 2 rings (SSSR count). The Morgan fingerprint density at radius 3 is 2.68 bits per heavy atom. The molecule has 0 aliphatic carbocycles. The first kappa shape index (κ1) is 13.2. The maximum absolute atomic E-state index is 13.8. The molecule has 2 N–H and O–H groups in total. The first-order valence-corrected chi connectivity index (χ1v) is 6.07. The fourth-order valence-corrected chi connectivity index (χ4v) is 1.68. The van der Waals surface area contributed by atoms with Gasteiger partial charge in [0.2, 0.25) is 0 Å². The zero-order valence-electron chi connectivity index (χ0n) is 10.9. The van der Waals surface area contributed by atoms with Crippen molar-refractivity contribution in [2.24, 2.45) is 0 Å². The number of hydrogen-bond donors (Lipinski definition) is 1. The van der Waals surface area contributed by atoms with Crippen LogP contribution in [0.2, 0.25) is 0 Å². The molecule has 0 heterocycles. The molecule has 0 saturated heterocycles. The van der Waals surface area contributed by atoms with Crippen molar-refractivity contribution in [1.29, 1.82) is 0 Å². The minimum atomic E-state index is -0.364. The average molecular weight is 261 g/mol. The van der Waals surface area contributed by atoms with E-state index in [0.29, 0.717) is 29.4 Å². The van der Waals surface area contributed by atoms with Crippen LogP contribution in [0.5, 0.6) is 17.2 Å². The molecule has 0 bridgehead atoms. The predicted octanol–water partition coefficient (Wildman–Crippen LogP) is 3.91. The van der Waals surface area contributed by atoms with Gasteiger partial charge in [0, 0.05) is 6.07 Å². The number of nitrogens with two attached hydrogens (primary N) is 1. The summed E-state index contributed by atoms with van der Waals surface area (Å²) in [5.41, 5.74) is 6.83. The van der Waals surface area contributed by atoms with E-state index in [0.717, 1.165) is 0 Å². The van der Waals surface area contributed by atoms with Crippen molar-refractivity contribution < 1.29 is 13.9 Å². The Kier molecular flexibility index (Phi) is 3.90. The highest BCUT2D eigenvalue weighted by molar-refractivity contribution is 5.56. The van der Waals surface area contributed by atoms with E-state index in [9.17, 15) is 4.39 Å². The van der Waals surface area contributed by atoms with Crippen molar-refractivity contribution in [3.05, 3.63) is 47.8 Å². The average Bonchev–Trinajstić information content (AvgIpc) is 2.39. The third-order valence-corrected chi connectivity index (χ3v) is 2.67. The molecule has 100 valence electrons. The summed E-state index contributed by atoms with van der Waals surface area (Å²) >= 11 is 0. The number of ether oxygens (including phenoxy) is 2. The zero-order chi connectivity index (χ0) is 13.8. The van der Waals surface area contributed by atoms with Crippen LogP contribution in [0.4, 0.5) is 10.1 Å². The largest absolute Gasteiger partial charge is 0.492 e. The van der Waals surface area contributed by atoms with Gasteiger partial charge in [-0.3, -0.25) is 0 Å². The van der Waals surface area contributed by atoms with Crippen LogP contribution in [0.3, 0.4) is 0 Å². The molecule has 0 fully saturated rings. The summed E-state index contributed by atoms with van der Waals surface area (Å²) in [5, 5.41) is 0. The number of aryl methyl sites for hydroxylation is 1. The molecule has 0 atom stereocenters. The fraction of sp³-hybridized carbons (Fsp3) is 0.200. The van der Waals surface area contributed by atoms with Crippen LogP contribution in [0, 0.1) is 12.7 Å². The lowest BCUT2D eigenvalue weighted by Gasteiger charge is -2.11. The molecule has 0 spiro atoms. The Morgan fingerprint density at radius 1 is 1.16 bits per heavy atom. The van der Waals surface area contributed by atoms with Crippen molar-refractivity contribution in [2.75, 3.05) is 12.3 Å². The number of rotatable bonds is 4. The van der Waals surface area contributed by atoms with Gasteiger partial charge in [0.15, 0.2) is 11.6 Å². The van der Waals surface area contributed by atoms with Crippen LogP contribution in [0.15, 0.2) is 36.4 Å². The molecule has 19 heavy (non-hydrogen) atoms. The van der Waals surface area contributed by atoms with Gasteiger partial charge in [-0.05, 0) is 37.6 Å². The van der Waals surface area contributed by atoms with E-state index in [-0.39, 0.29) is 11.6 Å². The van der Waals surface area contributed by atoms with Crippen molar-refractivity contribution in [2.45, 2.75) is 13.8 Å². The molecule has 0 aromatic heterocycles. The number of anilines is 1. The molecule has 0 saturated carbocycles. The minimum absolute atomic E-state index is 0.187. The molecule has 0 amide bonds. The molecule has 2 aromatic carbocycles. The summed E-state index contributed by atoms with van der Waals surface area (Å²) < 4.78 is 24.7. The smallest absolute Gasteiger partial charge is 0.168 e. The second kappa shape index (κ2) is 5.61. The van der Waals surface area contributed by atoms with E-state index in [1.165, 1.54) is 0 Å². The van der Waals surface area contributed by atoms with E-state index in [4.69, 9.17) is 15.2 Å². The fourth-order valence-electron chi connectivity index (χ4n) is 1.68. The predicted molar refractivity (Wildman–Crippen MR) is 73.2 cm³/mol. The normalized spacial score (nSPS) is 10.3. The lowest BCUT2D eigenvalue weighted by molar-refractivity contribution is 0.339. The molecule has 0 radical (unpaired) electrons. The molecular formula is C15H16FNO2. The summed E-state index contributed by atoms with van der Waals surface area (Å²) in [6.45, 7) is 4.07. The van der Waals surface area contributed by atoms with E-state index in [1.54, 1.807) is 43.3 Å². The van der Waals surface area contributed by atoms with Gasteiger partial charge < -0.3 is 15.2 Å². The number of benzene rings is 2. The van der Waals surface area contributed by atoms with Gasteiger partial charge >= 0.3 is 0 Å². The third-order valence-electron chi connectivity index (χ3n) is 2.67. The van der Waals surface area contributed by atoms with Crippen LogP contribution in [0.25, 0.3) is 0 Å². The van der Waals surface area contributed by atoms with Gasteiger partial charge in [0.25, 0.3) is 0 Å². The van der Waals surface area contributed by atoms with Gasteiger partial charge in [0.1, 0.15) is 11.5 Å². The zero-order valence-corrected chi connectivity index (χ0v) is 10.9. The summed E-state index contributed by atoms with van der Waals surface area (Å²) in [4.78, 5) is 0. The maximum atomic E-state index is 13.8. The molecule has 0 aliphatic rings. The summed E-state index contributed by atoms with van der Waals surface area (Å²) in [6.07, 6.45) is 0. The quantitative estimate of drug-likeness (QED) is 0.849. The Bertz CT molecular complexity index is 584. The Balaban J connectivity index is 2.28. The van der Waals surface area contributed by atoms with Gasteiger partial charge in [-0.25, -0.2) is 4.39 Å². The van der Waals surface area contributed by atoms with Crippen LogP contribution in [0.1, 0.15) is 12.5 Å². The first-order chi connectivity index (χ1) is 9.11. The standard InChI is InChI=1S/C15H16FNO2/c1-3-18-14-9-11(7-8-12(14)17)19-13-6-4-5-10(2)15(13)16/h4-9H,3,17H2,1-2H3. The van der Waals surface area contributed by atoms with Gasteiger partial charge in [0.05, 0.1) is 12.3 Å². The number of hydrogen-bond acceptors (Lipinski definition) is 3. The van der Waals surface area contributed by atoms with Crippen molar-refractivity contribution in [3.8, 4) is 17.2 Å². The third kappa shape index (κ3) is 2.96. The molecule has 0 aliphatic heterocycles. The van der Waals surface area contributed by atoms with Crippen LogP contribution in [-0.4, -0.2) is 6.61 Å². The highest BCUT2D eigenvalue weighted by Gasteiger charge is 2.08. The highest BCUT2D eigenvalue weighted by atomic mass is 19.1. The molecule has 3 nitrogen and oxygen atoms in total. The lowest BCUT2D eigenvalue weighted by atomic mass is 10.2. The van der Waals surface area contributed by atoms with E-state index in [2.05, 4.69) is 0 Å². The Morgan fingerprint density at radius 2 is 1.95 bits per heavy atom. The van der Waals surface area contributed by atoms with E-state index in [1.807, 2.05) is 6.92 Å². The minimum Gasteiger partial charge on any atom is -0.492 e. The van der Waals surface area contributed by atoms with Crippen LogP contribution in [-0.2, 0) is 0 Å². The monoisotopic (exact) mass is 261 g/mol. The topological polar surface area (TPSA) is 44.5 Å². The van der Waals surface area contributed by atoms with Gasteiger partial charge in [-0.15, -0.1) is 0 Å². The number of halogens is 1. The molecule has 0 unspecified atom stereocenters. The number of nitrogen functional groups attached to an aromatic ring is 1. The summed E-state index contributed by atoms with van der Waals surface area (Å²) in [6, 6.07) is 10.0. The summed E-state index contributed by atoms with van der Waals surface area (Å²) in [5.74, 6) is 0.847. The SMILES string of the molecule is CCOc1cc(Oc2cccc(C)c2F)ccc1N. The van der Waals surface area contributed by atoms with Crippen molar-refractivity contribution in [3.63, 3.8) is 0 Å². The lowest BCUT2D eigenvalue weighted by Crippen LogP contribution is -1.97. The second-order valence-corrected chi connectivity index (χ2v) is 4.12. The van der Waals surface area contributed by atoms with Crippen LogP contribution < -0.4 is 15.2 Å². The Labute approximate surface area is 111 Å². The maximum Gasteiger partial charge on any atom is 0.168 e. The second-order valence-electron chi connectivity index (χ2n) is 4.12. The molecular weight excluding hydrogens is 245 g/mol. The highest BCUT2D eigenvalue weighted by Crippen LogP contribution is 2.31. The van der Waals surface area contributed by atoms with E-state index >= 15 is 0 Å². The van der Waals surface area contributed by atoms with Gasteiger partial charge in [-0.1, -0.05) is 12.1 Å². The van der Waals surface area contributed by atoms with E-state index < -0.39 is 0 Å².